The summed E-state index contributed by atoms with van der Waals surface area (Å²) < 4.78 is 37.3. The molecule has 0 heterocycles. The summed E-state index contributed by atoms with van der Waals surface area (Å²) in [6, 6.07) is 3.43. The SMILES string of the molecule is CNCCCc1cc(C(F)(F)F)ccc1Cl. The van der Waals surface area contributed by atoms with Crippen LogP contribution in [0.4, 0.5) is 13.2 Å². The van der Waals surface area contributed by atoms with Gasteiger partial charge in [-0.25, -0.2) is 0 Å². The summed E-state index contributed by atoms with van der Waals surface area (Å²) in [5.41, 5.74) is -0.0944. The summed E-state index contributed by atoms with van der Waals surface area (Å²) in [6.07, 6.45) is -3.00. The zero-order valence-electron chi connectivity index (χ0n) is 8.87. The van der Waals surface area contributed by atoms with Crippen LogP contribution in [0.25, 0.3) is 0 Å². The Morgan fingerprint density at radius 1 is 1.31 bits per heavy atom. The summed E-state index contributed by atoms with van der Waals surface area (Å²) in [5, 5.41) is 3.33. The van der Waals surface area contributed by atoms with Gasteiger partial charge in [0, 0.05) is 5.02 Å². The van der Waals surface area contributed by atoms with E-state index >= 15 is 0 Å². The summed E-state index contributed by atoms with van der Waals surface area (Å²) in [5.74, 6) is 0. The van der Waals surface area contributed by atoms with Crippen LogP contribution in [0.15, 0.2) is 18.2 Å². The van der Waals surface area contributed by atoms with Crippen molar-refractivity contribution in [2.45, 2.75) is 19.0 Å². The predicted octanol–water partition coefficient (Wildman–Crippen LogP) is 3.51. The molecule has 0 saturated heterocycles. The average molecular weight is 252 g/mol. The Balaban J connectivity index is 2.83. The maximum Gasteiger partial charge on any atom is 0.416 e. The normalized spacial score (nSPS) is 11.8. The molecule has 0 spiro atoms. The van der Waals surface area contributed by atoms with Gasteiger partial charge < -0.3 is 5.32 Å². The van der Waals surface area contributed by atoms with E-state index in [1.807, 2.05) is 0 Å². The Labute approximate surface area is 97.6 Å². The molecule has 1 nitrogen and oxygen atoms in total. The molecule has 0 radical (unpaired) electrons. The molecule has 0 aromatic heterocycles. The smallest absolute Gasteiger partial charge is 0.320 e. The van der Waals surface area contributed by atoms with E-state index < -0.39 is 11.7 Å². The molecule has 0 amide bonds. The van der Waals surface area contributed by atoms with Crippen LogP contribution in [0.3, 0.4) is 0 Å². The Hall–Kier alpha value is -0.740. The minimum Gasteiger partial charge on any atom is -0.320 e. The minimum atomic E-state index is -4.30. The fraction of sp³-hybridized carbons (Fsp3) is 0.455. The van der Waals surface area contributed by atoms with E-state index in [-0.39, 0.29) is 0 Å². The number of rotatable bonds is 4. The highest BCUT2D eigenvalue weighted by Crippen LogP contribution is 2.32. The zero-order chi connectivity index (χ0) is 12.2. The van der Waals surface area contributed by atoms with Gasteiger partial charge in [0.05, 0.1) is 5.56 Å². The Morgan fingerprint density at radius 2 is 2.00 bits per heavy atom. The Kier molecular flexibility index (Phi) is 4.62. The Bertz CT molecular complexity index is 350. The van der Waals surface area contributed by atoms with Crippen molar-refractivity contribution in [1.29, 1.82) is 0 Å². The molecule has 1 aromatic rings. The number of hydrogen-bond acceptors (Lipinski definition) is 1. The van der Waals surface area contributed by atoms with E-state index in [0.717, 1.165) is 25.1 Å². The van der Waals surface area contributed by atoms with E-state index in [1.165, 1.54) is 6.07 Å². The second kappa shape index (κ2) is 5.55. The van der Waals surface area contributed by atoms with E-state index in [1.54, 1.807) is 7.05 Å². The number of benzene rings is 1. The number of nitrogens with one attached hydrogen (secondary N) is 1. The molecular formula is C11H13ClF3N. The van der Waals surface area contributed by atoms with Crippen LogP contribution in [-0.2, 0) is 12.6 Å². The number of aryl methyl sites for hydroxylation is 1. The third-order valence-corrected chi connectivity index (χ3v) is 2.61. The predicted molar refractivity (Wildman–Crippen MR) is 58.7 cm³/mol. The van der Waals surface area contributed by atoms with Crippen molar-refractivity contribution >= 4 is 11.6 Å². The van der Waals surface area contributed by atoms with Gasteiger partial charge in [0.1, 0.15) is 0 Å². The first-order valence-corrected chi connectivity index (χ1v) is 5.33. The number of alkyl halides is 3. The molecule has 0 fully saturated rings. The quantitative estimate of drug-likeness (QED) is 0.808. The van der Waals surface area contributed by atoms with Crippen LogP contribution >= 0.6 is 11.6 Å². The summed E-state index contributed by atoms with van der Waals surface area (Å²) >= 11 is 5.84. The fourth-order valence-electron chi connectivity index (χ4n) is 1.40. The summed E-state index contributed by atoms with van der Waals surface area (Å²) in [4.78, 5) is 0. The highest BCUT2D eigenvalue weighted by Gasteiger charge is 2.30. The van der Waals surface area contributed by atoms with Crippen LogP contribution in [0.1, 0.15) is 17.5 Å². The molecule has 0 aliphatic heterocycles. The first kappa shape index (κ1) is 13.3. The highest BCUT2D eigenvalue weighted by molar-refractivity contribution is 6.31. The van der Waals surface area contributed by atoms with Crippen molar-refractivity contribution in [3.05, 3.63) is 34.3 Å². The lowest BCUT2D eigenvalue weighted by atomic mass is 10.1. The standard InChI is InChI=1S/C11H13ClF3N/c1-16-6-2-3-8-7-9(11(13,14)15)4-5-10(8)12/h4-5,7,16H,2-3,6H2,1H3. The third kappa shape index (κ3) is 3.68. The van der Waals surface area contributed by atoms with Crippen LogP contribution in [-0.4, -0.2) is 13.6 Å². The minimum absolute atomic E-state index is 0.393. The van der Waals surface area contributed by atoms with Gasteiger partial charge in [-0.05, 0) is 50.2 Å². The van der Waals surface area contributed by atoms with Gasteiger partial charge in [-0.2, -0.15) is 13.2 Å². The van der Waals surface area contributed by atoms with Crippen LogP contribution in [0.5, 0.6) is 0 Å². The van der Waals surface area contributed by atoms with Crippen molar-refractivity contribution in [2.75, 3.05) is 13.6 Å². The van der Waals surface area contributed by atoms with Crippen LogP contribution < -0.4 is 5.32 Å². The second-order valence-corrected chi connectivity index (χ2v) is 3.92. The second-order valence-electron chi connectivity index (χ2n) is 3.51. The number of hydrogen-bond donors (Lipinski definition) is 1. The van der Waals surface area contributed by atoms with Gasteiger partial charge in [-0.15, -0.1) is 0 Å². The van der Waals surface area contributed by atoms with Crippen LogP contribution in [0, 0.1) is 0 Å². The van der Waals surface area contributed by atoms with Crippen molar-refractivity contribution in [3.8, 4) is 0 Å². The average Bonchev–Trinajstić information content (AvgIpc) is 2.19. The van der Waals surface area contributed by atoms with Crippen molar-refractivity contribution in [1.82, 2.24) is 5.32 Å². The molecule has 16 heavy (non-hydrogen) atoms. The summed E-state index contributed by atoms with van der Waals surface area (Å²) in [6.45, 7) is 0.757. The Morgan fingerprint density at radius 3 is 2.56 bits per heavy atom. The van der Waals surface area contributed by atoms with Gasteiger partial charge in [-0.1, -0.05) is 11.6 Å². The third-order valence-electron chi connectivity index (χ3n) is 2.25. The highest BCUT2D eigenvalue weighted by atomic mass is 35.5. The molecule has 90 valence electrons. The van der Waals surface area contributed by atoms with E-state index in [4.69, 9.17) is 11.6 Å². The van der Waals surface area contributed by atoms with E-state index in [2.05, 4.69) is 5.32 Å². The maximum atomic E-state index is 12.4. The van der Waals surface area contributed by atoms with E-state index in [9.17, 15) is 13.2 Å². The first-order chi connectivity index (χ1) is 7.45. The molecule has 0 unspecified atom stereocenters. The molecule has 5 heteroatoms. The van der Waals surface area contributed by atoms with Crippen molar-refractivity contribution < 1.29 is 13.2 Å². The van der Waals surface area contributed by atoms with Gasteiger partial charge in [0.25, 0.3) is 0 Å². The van der Waals surface area contributed by atoms with Crippen LogP contribution in [0.2, 0.25) is 5.02 Å². The molecule has 0 aliphatic carbocycles. The van der Waals surface area contributed by atoms with Gasteiger partial charge in [-0.3, -0.25) is 0 Å². The lowest BCUT2D eigenvalue weighted by Crippen LogP contribution is -2.09. The van der Waals surface area contributed by atoms with Gasteiger partial charge in [0.15, 0.2) is 0 Å². The number of halogens is 4. The topological polar surface area (TPSA) is 12.0 Å². The monoisotopic (exact) mass is 251 g/mol. The van der Waals surface area contributed by atoms with Gasteiger partial charge >= 0.3 is 6.18 Å². The van der Waals surface area contributed by atoms with Crippen molar-refractivity contribution in [2.24, 2.45) is 0 Å². The largest absolute Gasteiger partial charge is 0.416 e. The van der Waals surface area contributed by atoms with E-state index in [0.29, 0.717) is 17.0 Å². The molecule has 0 saturated carbocycles. The molecule has 0 bridgehead atoms. The fourth-order valence-corrected chi connectivity index (χ4v) is 1.61. The molecule has 1 N–H and O–H groups in total. The maximum absolute atomic E-state index is 12.4. The van der Waals surface area contributed by atoms with Crippen molar-refractivity contribution in [3.63, 3.8) is 0 Å². The first-order valence-electron chi connectivity index (χ1n) is 4.95. The van der Waals surface area contributed by atoms with Gasteiger partial charge in [0.2, 0.25) is 0 Å². The summed E-state index contributed by atoms with van der Waals surface area (Å²) in [7, 11) is 1.80. The molecular weight excluding hydrogens is 239 g/mol. The molecule has 0 aliphatic rings. The zero-order valence-corrected chi connectivity index (χ0v) is 9.62. The lowest BCUT2D eigenvalue weighted by Gasteiger charge is -2.10. The lowest BCUT2D eigenvalue weighted by molar-refractivity contribution is -0.137. The molecule has 0 atom stereocenters. The molecule has 1 aromatic carbocycles. The molecule has 1 rings (SSSR count).